The molecule has 7 heavy (non-hydrogen) atoms. The minimum absolute atomic E-state index is 0. The maximum absolute atomic E-state index is 8.52. The van der Waals surface area contributed by atoms with Crippen LogP contribution in [0.4, 0.5) is 0 Å². The van der Waals surface area contributed by atoms with Crippen LogP contribution >= 0.6 is 0 Å². The summed E-state index contributed by atoms with van der Waals surface area (Å²) in [7, 11) is -5.17. The van der Waals surface area contributed by atoms with E-state index < -0.39 is 10.4 Å². The molecule has 0 spiro atoms. The molecule has 0 aliphatic heterocycles. The van der Waals surface area contributed by atoms with Gasteiger partial charge in [-0.3, -0.25) is 8.42 Å². The molecule has 0 aliphatic carbocycles. The molecule has 0 bridgehead atoms. The van der Waals surface area contributed by atoms with Crippen LogP contribution in [0.3, 0.4) is 0 Å². The van der Waals surface area contributed by atoms with Crippen molar-refractivity contribution in [3.63, 3.8) is 0 Å². The van der Waals surface area contributed by atoms with Gasteiger partial charge in [0.2, 0.25) is 0 Å². The summed E-state index contributed by atoms with van der Waals surface area (Å²) in [5.41, 5.74) is 0. The molecule has 0 fully saturated rings. The first-order valence-corrected chi connectivity index (χ1v) is 2.00. The molecule has 32 valence electrons. The predicted molar refractivity (Wildman–Crippen MR) is 16.2 cm³/mol. The van der Waals surface area contributed by atoms with Gasteiger partial charge >= 0.3 is 81.6 Å². The maximum Gasteiger partial charge on any atom is 3.00 e. The van der Waals surface area contributed by atoms with E-state index in [0.717, 1.165) is 0 Å². The van der Waals surface area contributed by atoms with Crippen molar-refractivity contribution in [2.45, 2.75) is 0 Å². The SMILES string of the molecule is O=S(=O)([O-])[O-].[Ba+2].[Y+3]. The Kier molecular flexibility index (Phi) is 15.5. The van der Waals surface area contributed by atoms with Crippen LogP contribution in [-0.4, -0.2) is 66.4 Å². The summed E-state index contributed by atoms with van der Waals surface area (Å²) >= 11 is 0. The van der Waals surface area contributed by atoms with E-state index in [1.165, 1.54) is 0 Å². The fourth-order valence-corrected chi connectivity index (χ4v) is 0. The summed E-state index contributed by atoms with van der Waals surface area (Å²) in [6.07, 6.45) is 0. The second-order valence-electron chi connectivity index (χ2n) is 0.408. The van der Waals surface area contributed by atoms with Gasteiger partial charge in [-0.1, -0.05) is 0 Å². The zero-order valence-corrected chi connectivity index (χ0v) is 11.4. The Morgan fingerprint density at radius 1 is 1.14 bits per heavy atom. The molecule has 0 aromatic rings. The third kappa shape index (κ3) is 56.5. The van der Waals surface area contributed by atoms with Gasteiger partial charge in [0.1, 0.15) is 0 Å². The monoisotopic (exact) mass is 323 g/mol. The van der Waals surface area contributed by atoms with E-state index >= 15 is 0 Å². The van der Waals surface area contributed by atoms with Crippen molar-refractivity contribution in [2.24, 2.45) is 0 Å². The van der Waals surface area contributed by atoms with Gasteiger partial charge in [0, 0.05) is 10.4 Å². The number of rotatable bonds is 0. The van der Waals surface area contributed by atoms with Crippen LogP contribution in [0.15, 0.2) is 0 Å². The topological polar surface area (TPSA) is 80.3 Å². The van der Waals surface area contributed by atoms with Crippen molar-refractivity contribution in [3.8, 4) is 0 Å². The van der Waals surface area contributed by atoms with E-state index in [-0.39, 0.29) is 81.6 Å². The quantitative estimate of drug-likeness (QED) is 0.302. The second kappa shape index (κ2) is 6.66. The summed E-state index contributed by atoms with van der Waals surface area (Å²) in [5, 5.41) is 0. The minimum Gasteiger partial charge on any atom is -0.759 e. The van der Waals surface area contributed by atoms with Gasteiger partial charge in [0.15, 0.2) is 0 Å². The van der Waals surface area contributed by atoms with Crippen molar-refractivity contribution in [2.75, 3.05) is 0 Å². The molecular weight excluding hydrogens is 322 g/mol. The largest absolute Gasteiger partial charge is 3.00 e. The van der Waals surface area contributed by atoms with Gasteiger partial charge in [-0.15, -0.1) is 0 Å². The van der Waals surface area contributed by atoms with Gasteiger partial charge < -0.3 is 9.11 Å². The number of hydrogen-bond acceptors (Lipinski definition) is 4. The average molecular weight is 322 g/mol. The Balaban J connectivity index is -0.0000000800. The smallest absolute Gasteiger partial charge is 0.759 e. The molecule has 0 unspecified atom stereocenters. The molecular formula is BaO4SY+3. The zero-order valence-electron chi connectivity index (χ0n) is 3.33. The average Bonchev–Trinajstić information content (AvgIpc) is 0.722. The van der Waals surface area contributed by atoms with Crippen molar-refractivity contribution < 1.29 is 50.2 Å². The maximum atomic E-state index is 8.52. The van der Waals surface area contributed by atoms with Gasteiger partial charge in [-0.05, 0) is 0 Å². The van der Waals surface area contributed by atoms with E-state index in [0.29, 0.717) is 0 Å². The molecule has 0 aromatic heterocycles. The number of hydrogen-bond donors (Lipinski definition) is 0. The third-order valence-corrected chi connectivity index (χ3v) is 0. The molecule has 7 heteroatoms. The van der Waals surface area contributed by atoms with Crippen LogP contribution in [0.1, 0.15) is 0 Å². The van der Waals surface area contributed by atoms with Gasteiger partial charge in [-0.2, -0.15) is 0 Å². The molecule has 0 aromatic carbocycles. The Hall–Kier alpha value is 2.55. The first kappa shape index (κ1) is 16.3. The zero-order chi connectivity index (χ0) is 4.50. The van der Waals surface area contributed by atoms with Crippen molar-refractivity contribution in [1.29, 1.82) is 0 Å². The van der Waals surface area contributed by atoms with E-state index in [2.05, 4.69) is 0 Å². The molecule has 0 saturated carbocycles. The Morgan fingerprint density at radius 3 is 1.14 bits per heavy atom. The molecule has 4 nitrogen and oxygen atoms in total. The van der Waals surface area contributed by atoms with Crippen LogP contribution in [0.2, 0.25) is 0 Å². The van der Waals surface area contributed by atoms with Crippen LogP contribution in [0, 0.1) is 0 Å². The molecule has 0 rings (SSSR count). The molecule has 0 saturated heterocycles. The summed E-state index contributed by atoms with van der Waals surface area (Å²) < 4.78 is 34.1. The van der Waals surface area contributed by atoms with Crippen LogP contribution in [0.5, 0.6) is 0 Å². The minimum atomic E-state index is -5.17. The molecule has 0 atom stereocenters. The van der Waals surface area contributed by atoms with E-state index in [1.807, 2.05) is 0 Å². The summed E-state index contributed by atoms with van der Waals surface area (Å²) in [6.45, 7) is 0. The molecule has 0 amide bonds. The van der Waals surface area contributed by atoms with Crippen molar-refractivity contribution in [1.82, 2.24) is 0 Å². The fourth-order valence-electron chi connectivity index (χ4n) is 0. The van der Waals surface area contributed by atoms with Gasteiger partial charge in [0.25, 0.3) is 0 Å². The third-order valence-electron chi connectivity index (χ3n) is 0. The Labute approximate surface area is 107 Å². The van der Waals surface area contributed by atoms with E-state index in [4.69, 9.17) is 17.5 Å². The van der Waals surface area contributed by atoms with E-state index in [9.17, 15) is 0 Å². The van der Waals surface area contributed by atoms with Crippen LogP contribution < -0.4 is 0 Å². The molecule has 0 aliphatic rings. The van der Waals surface area contributed by atoms with Gasteiger partial charge in [0.05, 0.1) is 0 Å². The fraction of sp³-hybridized carbons (Fsp3) is 0. The summed E-state index contributed by atoms with van der Waals surface area (Å²) in [5.74, 6) is 0. The summed E-state index contributed by atoms with van der Waals surface area (Å²) in [6, 6.07) is 0. The molecule has 0 radical (unpaired) electrons. The first-order valence-electron chi connectivity index (χ1n) is 0.667. The molecule has 0 heterocycles. The predicted octanol–water partition coefficient (Wildman–Crippen LogP) is -1.72. The summed E-state index contributed by atoms with van der Waals surface area (Å²) in [4.78, 5) is 0. The van der Waals surface area contributed by atoms with Crippen molar-refractivity contribution in [3.05, 3.63) is 0 Å². The second-order valence-corrected chi connectivity index (χ2v) is 1.22. The van der Waals surface area contributed by atoms with Crippen molar-refractivity contribution >= 4 is 59.3 Å². The van der Waals surface area contributed by atoms with Crippen LogP contribution in [0.25, 0.3) is 0 Å². The Bertz CT molecular complexity index is 94.9. The van der Waals surface area contributed by atoms with E-state index in [1.54, 1.807) is 0 Å². The first-order chi connectivity index (χ1) is 2.00. The molecule has 0 N–H and O–H groups in total. The van der Waals surface area contributed by atoms with Crippen LogP contribution in [-0.2, 0) is 43.1 Å². The Morgan fingerprint density at radius 2 is 1.14 bits per heavy atom. The normalized spacial score (nSPS) is 8.29. The van der Waals surface area contributed by atoms with Gasteiger partial charge in [-0.25, -0.2) is 0 Å². The standard InChI is InChI=1S/Ba.H2O4S.Y/c;1-5(2,3)4;/h;(H2,1,2,3,4);/q+2;;+3/p-2.